The minimum absolute atomic E-state index is 0.402. The largest absolute Gasteiger partial charge is 0.416 e. The van der Waals surface area contributed by atoms with E-state index in [0.717, 1.165) is 41.2 Å². The summed E-state index contributed by atoms with van der Waals surface area (Å²) >= 11 is 0. The van der Waals surface area contributed by atoms with Crippen LogP contribution in [0.5, 0.6) is 0 Å². The Morgan fingerprint density at radius 2 is 1.84 bits per heavy atom. The lowest BCUT2D eigenvalue weighted by molar-refractivity contribution is -0.137. The highest BCUT2D eigenvalue weighted by molar-refractivity contribution is 5.70. The first-order valence-corrected chi connectivity index (χ1v) is 8.00. The van der Waals surface area contributed by atoms with Gasteiger partial charge in [0.25, 0.3) is 0 Å². The lowest BCUT2D eigenvalue weighted by Gasteiger charge is -2.14. The van der Waals surface area contributed by atoms with Crippen LogP contribution in [0.15, 0.2) is 41.4 Å². The molecule has 0 spiro atoms. The van der Waals surface area contributed by atoms with Crippen LogP contribution in [0.4, 0.5) is 30.2 Å². The van der Waals surface area contributed by atoms with Gasteiger partial charge in [-0.05, 0) is 62.2 Å². The maximum atomic E-state index is 12.8. The molecule has 0 aromatic heterocycles. The van der Waals surface area contributed by atoms with Crippen LogP contribution in [-0.4, -0.2) is 24.8 Å². The van der Waals surface area contributed by atoms with E-state index in [4.69, 9.17) is 0 Å². The number of aliphatic imine (C=N–C) groups is 1. The predicted molar refractivity (Wildman–Crippen MR) is 97.1 cm³/mol. The highest BCUT2D eigenvalue weighted by Gasteiger charge is 2.30. The Kier molecular flexibility index (Phi) is 5.72. The topological polar surface area (TPSA) is 27.6 Å². The third kappa shape index (κ3) is 4.98. The fourth-order valence-corrected chi connectivity index (χ4v) is 2.25. The van der Waals surface area contributed by atoms with Gasteiger partial charge in [0.2, 0.25) is 0 Å². The molecule has 0 aliphatic carbocycles. The van der Waals surface area contributed by atoms with Crippen molar-refractivity contribution in [2.45, 2.75) is 26.9 Å². The maximum absolute atomic E-state index is 12.8. The minimum atomic E-state index is -4.35. The fourth-order valence-electron chi connectivity index (χ4n) is 2.25. The van der Waals surface area contributed by atoms with E-state index in [1.165, 1.54) is 6.07 Å². The van der Waals surface area contributed by atoms with Gasteiger partial charge in [-0.3, -0.25) is 0 Å². The summed E-state index contributed by atoms with van der Waals surface area (Å²) in [7, 11) is 1.94. The molecule has 6 heteroatoms. The Balaban J connectivity index is 2.27. The van der Waals surface area contributed by atoms with Crippen molar-refractivity contribution in [3.05, 3.63) is 53.1 Å². The Labute approximate surface area is 146 Å². The van der Waals surface area contributed by atoms with Crippen LogP contribution in [0.25, 0.3) is 0 Å². The molecule has 0 aliphatic rings. The first kappa shape index (κ1) is 18.8. The molecule has 2 rings (SSSR count). The molecule has 2 aromatic carbocycles. The zero-order valence-corrected chi connectivity index (χ0v) is 14.8. The number of anilines is 2. The van der Waals surface area contributed by atoms with Crippen molar-refractivity contribution >= 4 is 23.4 Å². The molecule has 0 saturated carbocycles. The van der Waals surface area contributed by atoms with Gasteiger partial charge in [0.05, 0.1) is 17.6 Å². The smallest absolute Gasteiger partial charge is 0.366 e. The Morgan fingerprint density at radius 3 is 2.48 bits per heavy atom. The molecule has 0 unspecified atom stereocenters. The van der Waals surface area contributed by atoms with Crippen molar-refractivity contribution in [1.82, 2.24) is 4.90 Å². The second-order valence-electron chi connectivity index (χ2n) is 5.97. The SMILES string of the molecule is CCN(C)/C=N\c1cc(C)c(Nc2cccc(C(F)(F)F)c2)cc1C. The maximum Gasteiger partial charge on any atom is 0.416 e. The van der Waals surface area contributed by atoms with Crippen molar-refractivity contribution in [3.8, 4) is 0 Å². The molecule has 0 radical (unpaired) electrons. The van der Waals surface area contributed by atoms with Gasteiger partial charge in [0.15, 0.2) is 0 Å². The summed E-state index contributed by atoms with van der Waals surface area (Å²) in [5.41, 5.74) is 3.19. The van der Waals surface area contributed by atoms with Crippen LogP contribution in [0.2, 0.25) is 0 Å². The summed E-state index contributed by atoms with van der Waals surface area (Å²) in [4.78, 5) is 6.42. The molecule has 1 N–H and O–H groups in total. The van der Waals surface area contributed by atoms with E-state index in [9.17, 15) is 13.2 Å². The van der Waals surface area contributed by atoms with Gasteiger partial charge in [0.1, 0.15) is 0 Å². The van der Waals surface area contributed by atoms with Crippen molar-refractivity contribution in [3.63, 3.8) is 0 Å². The molecule has 25 heavy (non-hydrogen) atoms. The van der Waals surface area contributed by atoms with Crippen LogP contribution in [0.3, 0.4) is 0 Å². The molecule has 134 valence electrons. The van der Waals surface area contributed by atoms with E-state index in [-0.39, 0.29) is 0 Å². The third-order valence-electron chi connectivity index (χ3n) is 3.90. The molecular weight excluding hydrogens is 327 g/mol. The first-order valence-electron chi connectivity index (χ1n) is 8.00. The van der Waals surface area contributed by atoms with Crippen molar-refractivity contribution < 1.29 is 13.2 Å². The lowest BCUT2D eigenvalue weighted by atomic mass is 10.1. The highest BCUT2D eigenvalue weighted by Crippen LogP contribution is 2.33. The highest BCUT2D eigenvalue weighted by atomic mass is 19.4. The molecule has 2 aromatic rings. The molecule has 0 aliphatic heterocycles. The molecule has 0 atom stereocenters. The number of hydrogen-bond donors (Lipinski definition) is 1. The molecular formula is C19H22F3N3. The quantitative estimate of drug-likeness (QED) is 0.556. The fraction of sp³-hybridized carbons (Fsp3) is 0.316. The number of nitrogens with zero attached hydrogens (tertiary/aromatic N) is 2. The number of rotatable bonds is 5. The van der Waals surface area contributed by atoms with Crippen LogP contribution >= 0.6 is 0 Å². The summed E-state index contributed by atoms with van der Waals surface area (Å²) < 4.78 is 38.5. The van der Waals surface area contributed by atoms with Gasteiger partial charge >= 0.3 is 6.18 Å². The van der Waals surface area contributed by atoms with Crippen LogP contribution in [-0.2, 0) is 6.18 Å². The number of nitrogens with one attached hydrogen (secondary N) is 1. The lowest BCUT2D eigenvalue weighted by Crippen LogP contribution is -2.14. The normalized spacial score (nSPS) is 11.8. The van der Waals surface area contributed by atoms with E-state index < -0.39 is 11.7 Å². The second-order valence-corrected chi connectivity index (χ2v) is 5.97. The zero-order chi connectivity index (χ0) is 18.6. The standard InChI is InChI=1S/C19H22F3N3/c1-5-25(4)12-23-17-9-14(3)18(10-13(17)2)24-16-8-6-7-15(11-16)19(20,21)22/h6-12,24H,5H2,1-4H3/b23-12-. The molecule has 0 saturated heterocycles. The predicted octanol–water partition coefficient (Wildman–Crippen LogP) is 5.68. The van der Waals surface area contributed by atoms with E-state index in [2.05, 4.69) is 10.3 Å². The van der Waals surface area contributed by atoms with Crippen LogP contribution in [0.1, 0.15) is 23.6 Å². The van der Waals surface area contributed by atoms with Crippen LogP contribution < -0.4 is 5.32 Å². The molecule has 0 bridgehead atoms. The van der Waals surface area contributed by atoms with Crippen LogP contribution in [0, 0.1) is 13.8 Å². The minimum Gasteiger partial charge on any atom is -0.366 e. The van der Waals surface area contributed by atoms with Crippen molar-refractivity contribution in [1.29, 1.82) is 0 Å². The Bertz CT molecular complexity index is 767. The van der Waals surface area contributed by atoms with Crippen molar-refractivity contribution in [2.75, 3.05) is 18.9 Å². The van der Waals surface area contributed by atoms with Crippen molar-refractivity contribution in [2.24, 2.45) is 4.99 Å². The van der Waals surface area contributed by atoms with Gasteiger partial charge < -0.3 is 10.2 Å². The third-order valence-corrected chi connectivity index (χ3v) is 3.90. The summed E-state index contributed by atoms with van der Waals surface area (Å²) in [6, 6.07) is 9.00. The second kappa shape index (κ2) is 7.59. The molecule has 0 fully saturated rings. The Hall–Kier alpha value is -2.50. The molecule has 0 amide bonds. The van der Waals surface area contributed by atoms with E-state index in [1.807, 2.05) is 44.9 Å². The zero-order valence-electron chi connectivity index (χ0n) is 14.8. The van der Waals surface area contributed by atoms with E-state index >= 15 is 0 Å². The number of alkyl halides is 3. The first-order chi connectivity index (χ1) is 11.7. The number of halogens is 3. The summed E-state index contributed by atoms with van der Waals surface area (Å²) in [5.74, 6) is 0. The van der Waals surface area contributed by atoms with Gasteiger partial charge in [-0.15, -0.1) is 0 Å². The summed E-state index contributed by atoms with van der Waals surface area (Å²) in [6.07, 6.45) is -2.59. The number of hydrogen-bond acceptors (Lipinski definition) is 2. The summed E-state index contributed by atoms with van der Waals surface area (Å²) in [5, 5.41) is 3.07. The Morgan fingerprint density at radius 1 is 1.12 bits per heavy atom. The average molecular weight is 349 g/mol. The summed E-state index contributed by atoms with van der Waals surface area (Å²) in [6.45, 7) is 6.72. The van der Waals surface area contributed by atoms with Gasteiger partial charge in [-0.25, -0.2) is 4.99 Å². The number of benzene rings is 2. The average Bonchev–Trinajstić information content (AvgIpc) is 2.55. The number of aryl methyl sites for hydroxylation is 2. The van der Waals surface area contributed by atoms with Gasteiger partial charge in [0, 0.05) is 25.0 Å². The molecule has 3 nitrogen and oxygen atoms in total. The van der Waals surface area contributed by atoms with E-state index in [1.54, 1.807) is 12.4 Å². The molecule has 0 heterocycles. The van der Waals surface area contributed by atoms with Gasteiger partial charge in [-0.1, -0.05) is 6.07 Å². The van der Waals surface area contributed by atoms with E-state index in [0.29, 0.717) is 5.69 Å². The van der Waals surface area contributed by atoms with Gasteiger partial charge in [-0.2, -0.15) is 13.2 Å². The monoisotopic (exact) mass is 349 g/mol.